The van der Waals surface area contributed by atoms with Crippen molar-refractivity contribution in [1.29, 1.82) is 0 Å². The first-order chi connectivity index (χ1) is 5.77. The van der Waals surface area contributed by atoms with Crippen LogP contribution in [0.4, 0.5) is 0 Å². The fourth-order valence-electron chi connectivity index (χ4n) is 1.17. The summed E-state index contributed by atoms with van der Waals surface area (Å²) >= 11 is 0. The smallest absolute Gasteiger partial charge is 0.166 e. The number of nitrogens with zero attached hydrogens (tertiary/aromatic N) is 1. The Labute approximate surface area is 73.2 Å². The highest BCUT2D eigenvalue weighted by atomic mass is 16.1. The van der Waals surface area contributed by atoms with E-state index in [1.807, 2.05) is 22.9 Å². The zero-order chi connectivity index (χ0) is 8.97. The highest BCUT2D eigenvalue weighted by Gasteiger charge is 2.02. The predicted molar refractivity (Wildman–Crippen MR) is 49.3 cm³/mol. The first kappa shape index (κ1) is 9.04. The fraction of sp³-hybridized carbons (Fsp3) is 0.500. The lowest BCUT2D eigenvalue weighted by atomic mass is 10.1. The molecule has 0 aliphatic rings. The van der Waals surface area contributed by atoms with Gasteiger partial charge in [0, 0.05) is 12.7 Å². The molecule has 0 saturated heterocycles. The lowest BCUT2D eigenvalue weighted by Gasteiger charge is -2.10. The summed E-state index contributed by atoms with van der Waals surface area (Å²) in [6.45, 7) is 5.29. The topological polar surface area (TPSA) is 22.0 Å². The van der Waals surface area contributed by atoms with Crippen LogP contribution in [-0.2, 0) is 6.54 Å². The number of carbonyl (C=O) groups is 1. The molecule has 0 fully saturated rings. The number of hydrogen-bond acceptors (Lipinski definition) is 1. The van der Waals surface area contributed by atoms with Crippen molar-refractivity contribution in [3.63, 3.8) is 0 Å². The van der Waals surface area contributed by atoms with Gasteiger partial charge in [0.1, 0.15) is 0 Å². The summed E-state index contributed by atoms with van der Waals surface area (Å²) in [6, 6.07) is 3.75. The Morgan fingerprint density at radius 3 is 3.00 bits per heavy atom. The molecule has 0 aliphatic heterocycles. The molecule has 2 heteroatoms. The van der Waals surface area contributed by atoms with Gasteiger partial charge in [-0.15, -0.1) is 0 Å². The molecule has 0 aromatic carbocycles. The van der Waals surface area contributed by atoms with Crippen LogP contribution >= 0.6 is 0 Å². The van der Waals surface area contributed by atoms with Crippen molar-refractivity contribution in [3.05, 3.63) is 24.0 Å². The van der Waals surface area contributed by atoms with Gasteiger partial charge in [0.05, 0.1) is 5.69 Å². The third-order valence-corrected chi connectivity index (χ3v) is 2.19. The minimum atomic E-state index is 0.635. The third-order valence-electron chi connectivity index (χ3n) is 2.19. The van der Waals surface area contributed by atoms with Gasteiger partial charge in [0.15, 0.2) is 6.29 Å². The van der Waals surface area contributed by atoms with Crippen molar-refractivity contribution in [1.82, 2.24) is 4.57 Å². The largest absolute Gasteiger partial charge is 0.345 e. The highest BCUT2D eigenvalue weighted by molar-refractivity contribution is 5.72. The fourth-order valence-corrected chi connectivity index (χ4v) is 1.17. The van der Waals surface area contributed by atoms with Gasteiger partial charge < -0.3 is 4.57 Å². The second kappa shape index (κ2) is 4.10. The average Bonchev–Trinajstić information content (AvgIpc) is 2.51. The molecule has 1 heterocycles. The first-order valence-corrected chi connectivity index (χ1v) is 4.38. The molecule has 0 saturated carbocycles. The Kier molecular flexibility index (Phi) is 3.09. The van der Waals surface area contributed by atoms with E-state index in [0.717, 1.165) is 24.9 Å². The van der Waals surface area contributed by atoms with E-state index >= 15 is 0 Å². The molecule has 0 N–H and O–H groups in total. The van der Waals surface area contributed by atoms with Crippen molar-refractivity contribution < 1.29 is 4.79 Å². The van der Waals surface area contributed by atoms with Gasteiger partial charge in [0.25, 0.3) is 0 Å². The number of hydrogen-bond donors (Lipinski definition) is 0. The Hall–Kier alpha value is -1.05. The summed E-state index contributed by atoms with van der Waals surface area (Å²) in [5, 5.41) is 0. The molecule has 0 radical (unpaired) electrons. The quantitative estimate of drug-likeness (QED) is 0.628. The third kappa shape index (κ3) is 1.97. The van der Waals surface area contributed by atoms with E-state index in [9.17, 15) is 4.79 Å². The maximum Gasteiger partial charge on any atom is 0.166 e. The molecule has 0 amide bonds. The maximum absolute atomic E-state index is 10.5. The van der Waals surface area contributed by atoms with E-state index in [2.05, 4.69) is 13.8 Å². The zero-order valence-corrected chi connectivity index (χ0v) is 7.66. The molecule has 1 aromatic heterocycles. The van der Waals surface area contributed by atoms with Crippen molar-refractivity contribution in [2.45, 2.75) is 26.8 Å². The van der Waals surface area contributed by atoms with Crippen LogP contribution in [0.1, 0.15) is 30.8 Å². The van der Waals surface area contributed by atoms with Crippen LogP contribution < -0.4 is 0 Å². The van der Waals surface area contributed by atoms with Crippen molar-refractivity contribution in [2.75, 3.05) is 0 Å². The summed E-state index contributed by atoms with van der Waals surface area (Å²) in [7, 11) is 0. The molecule has 0 spiro atoms. The van der Waals surface area contributed by atoms with Crippen LogP contribution in [0.5, 0.6) is 0 Å². The van der Waals surface area contributed by atoms with E-state index in [0.29, 0.717) is 5.92 Å². The molecule has 0 aliphatic carbocycles. The Morgan fingerprint density at radius 1 is 1.67 bits per heavy atom. The second-order valence-corrected chi connectivity index (χ2v) is 3.22. The van der Waals surface area contributed by atoms with Gasteiger partial charge in [0.2, 0.25) is 0 Å². The average molecular weight is 165 g/mol. The van der Waals surface area contributed by atoms with Gasteiger partial charge in [-0.2, -0.15) is 0 Å². The van der Waals surface area contributed by atoms with Crippen LogP contribution in [0, 0.1) is 5.92 Å². The second-order valence-electron chi connectivity index (χ2n) is 3.22. The predicted octanol–water partition coefficient (Wildman–Crippen LogP) is 2.35. The summed E-state index contributed by atoms with van der Waals surface area (Å²) in [5.41, 5.74) is 0.773. The SMILES string of the molecule is CCC(C)Cn1cccc1C=O. The standard InChI is InChI=1S/C10H15NO/c1-3-9(2)7-11-6-4-5-10(11)8-12/h4-6,8-9H,3,7H2,1-2H3. The number of aromatic nitrogens is 1. The summed E-state index contributed by atoms with van der Waals surface area (Å²) in [5.74, 6) is 0.635. The highest BCUT2D eigenvalue weighted by Crippen LogP contribution is 2.07. The summed E-state index contributed by atoms with van der Waals surface area (Å²) in [4.78, 5) is 10.5. The molecule has 12 heavy (non-hydrogen) atoms. The van der Waals surface area contributed by atoms with E-state index in [1.165, 1.54) is 0 Å². The van der Waals surface area contributed by atoms with E-state index < -0.39 is 0 Å². The van der Waals surface area contributed by atoms with Gasteiger partial charge in [-0.05, 0) is 18.1 Å². The number of aldehydes is 1. The minimum Gasteiger partial charge on any atom is -0.345 e. The van der Waals surface area contributed by atoms with Gasteiger partial charge >= 0.3 is 0 Å². The van der Waals surface area contributed by atoms with Gasteiger partial charge in [-0.25, -0.2) is 0 Å². The zero-order valence-electron chi connectivity index (χ0n) is 7.66. The maximum atomic E-state index is 10.5. The monoisotopic (exact) mass is 165 g/mol. The molecule has 0 bridgehead atoms. The van der Waals surface area contributed by atoms with Crippen molar-refractivity contribution in [3.8, 4) is 0 Å². The Balaban J connectivity index is 2.67. The van der Waals surface area contributed by atoms with E-state index in [4.69, 9.17) is 0 Å². The molecule has 2 nitrogen and oxygen atoms in total. The summed E-state index contributed by atoms with van der Waals surface area (Å²) < 4.78 is 2.00. The van der Waals surface area contributed by atoms with E-state index in [1.54, 1.807) is 0 Å². The van der Waals surface area contributed by atoms with Crippen molar-refractivity contribution >= 4 is 6.29 Å². The summed E-state index contributed by atoms with van der Waals surface area (Å²) in [6.07, 6.45) is 4.01. The molecule has 1 rings (SSSR count). The molecular weight excluding hydrogens is 150 g/mol. The van der Waals surface area contributed by atoms with Gasteiger partial charge in [-0.1, -0.05) is 20.3 Å². The minimum absolute atomic E-state index is 0.635. The lowest BCUT2D eigenvalue weighted by molar-refractivity contribution is 0.111. The molecule has 66 valence electrons. The van der Waals surface area contributed by atoms with Crippen LogP contribution in [0.15, 0.2) is 18.3 Å². The molecule has 1 unspecified atom stereocenters. The Morgan fingerprint density at radius 2 is 2.42 bits per heavy atom. The Bertz CT molecular complexity index is 252. The molecule has 1 aromatic rings. The normalized spacial score (nSPS) is 12.8. The van der Waals surface area contributed by atoms with Crippen molar-refractivity contribution in [2.24, 2.45) is 5.92 Å². The number of rotatable bonds is 4. The van der Waals surface area contributed by atoms with E-state index in [-0.39, 0.29) is 0 Å². The molecular formula is C10H15NO. The van der Waals surface area contributed by atoms with Crippen LogP contribution in [0.25, 0.3) is 0 Å². The van der Waals surface area contributed by atoms with Crippen LogP contribution in [0.2, 0.25) is 0 Å². The van der Waals surface area contributed by atoms with Crippen LogP contribution in [0.3, 0.4) is 0 Å². The number of carbonyl (C=O) groups excluding carboxylic acids is 1. The van der Waals surface area contributed by atoms with Crippen LogP contribution in [-0.4, -0.2) is 10.9 Å². The first-order valence-electron chi connectivity index (χ1n) is 4.38. The van der Waals surface area contributed by atoms with Gasteiger partial charge in [-0.3, -0.25) is 4.79 Å². The lowest BCUT2D eigenvalue weighted by Crippen LogP contribution is -2.08. The molecule has 1 atom stereocenters.